The van der Waals surface area contributed by atoms with Crippen LogP contribution < -0.4 is 0 Å². The van der Waals surface area contributed by atoms with Crippen LogP contribution in [0.3, 0.4) is 0 Å². The molecule has 2 atom stereocenters. The summed E-state index contributed by atoms with van der Waals surface area (Å²) in [5.41, 5.74) is 0. The summed E-state index contributed by atoms with van der Waals surface area (Å²) < 4.78 is 0. The van der Waals surface area contributed by atoms with Crippen LogP contribution in [-0.2, 0) is 0 Å². The van der Waals surface area contributed by atoms with Gasteiger partial charge in [-0.1, -0.05) is 13.8 Å². The molecule has 0 radical (unpaired) electrons. The van der Waals surface area contributed by atoms with Crippen molar-refractivity contribution in [2.75, 3.05) is 5.75 Å². The highest BCUT2D eigenvalue weighted by atomic mass is 32.2. The predicted octanol–water partition coefficient (Wildman–Crippen LogP) is 1.90. The van der Waals surface area contributed by atoms with E-state index in [0.29, 0.717) is 5.25 Å². The molecule has 1 N–H and O–H groups in total. The smallest absolute Gasteiger partial charge is 0.0602 e. The molecule has 0 bridgehead atoms. The van der Waals surface area contributed by atoms with Gasteiger partial charge in [0.15, 0.2) is 0 Å². The molecule has 0 aliphatic rings. The average Bonchev–Trinajstić information content (AvgIpc) is 1.83. The van der Waals surface area contributed by atoms with Gasteiger partial charge in [0.05, 0.1) is 6.10 Å². The van der Waals surface area contributed by atoms with Crippen molar-refractivity contribution in [2.24, 2.45) is 0 Å². The lowest BCUT2D eigenvalue weighted by Gasteiger charge is -2.08. The van der Waals surface area contributed by atoms with E-state index in [1.54, 1.807) is 0 Å². The third-order valence-electron chi connectivity index (χ3n) is 1.20. The van der Waals surface area contributed by atoms with E-state index in [1.165, 1.54) is 6.42 Å². The zero-order valence-electron chi connectivity index (χ0n) is 6.42. The second-order valence-corrected chi connectivity index (χ2v) is 3.87. The number of rotatable bonds is 4. The highest BCUT2D eigenvalue weighted by Crippen LogP contribution is 2.13. The predicted molar refractivity (Wildman–Crippen MR) is 43.9 cm³/mol. The zero-order valence-corrected chi connectivity index (χ0v) is 7.24. The SMILES string of the molecule is CCC(C)SC[C@@H](C)O. The second kappa shape index (κ2) is 5.12. The molecule has 0 rings (SSSR count). The lowest BCUT2D eigenvalue weighted by Crippen LogP contribution is -2.06. The van der Waals surface area contributed by atoms with Crippen LogP contribution >= 0.6 is 11.8 Å². The van der Waals surface area contributed by atoms with Crippen LogP contribution in [0, 0.1) is 0 Å². The van der Waals surface area contributed by atoms with Crippen LogP contribution in [-0.4, -0.2) is 22.2 Å². The normalized spacial score (nSPS) is 17.3. The maximum atomic E-state index is 8.88. The Hall–Kier alpha value is 0.310. The van der Waals surface area contributed by atoms with Crippen LogP contribution in [0.4, 0.5) is 0 Å². The van der Waals surface area contributed by atoms with Gasteiger partial charge in [-0.05, 0) is 13.3 Å². The Balaban J connectivity index is 3.06. The molecule has 0 aromatic rings. The van der Waals surface area contributed by atoms with Crippen molar-refractivity contribution >= 4 is 11.8 Å². The molecule has 0 spiro atoms. The fraction of sp³-hybridized carbons (Fsp3) is 1.00. The van der Waals surface area contributed by atoms with E-state index >= 15 is 0 Å². The second-order valence-electron chi connectivity index (χ2n) is 2.40. The fourth-order valence-electron chi connectivity index (χ4n) is 0.421. The molecule has 0 aliphatic carbocycles. The average molecular weight is 148 g/mol. The van der Waals surface area contributed by atoms with Crippen LogP contribution in [0.1, 0.15) is 27.2 Å². The molecule has 56 valence electrons. The molecule has 1 unspecified atom stereocenters. The van der Waals surface area contributed by atoms with Gasteiger partial charge in [-0.3, -0.25) is 0 Å². The van der Waals surface area contributed by atoms with E-state index in [2.05, 4.69) is 13.8 Å². The Morgan fingerprint density at radius 3 is 2.33 bits per heavy atom. The molecule has 1 nitrogen and oxygen atoms in total. The van der Waals surface area contributed by atoms with Gasteiger partial charge in [-0.25, -0.2) is 0 Å². The molecule has 0 heterocycles. The summed E-state index contributed by atoms with van der Waals surface area (Å²) in [6, 6.07) is 0. The first-order valence-electron chi connectivity index (χ1n) is 3.46. The molecule has 0 aromatic heterocycles. The molecule has 9 heavy (non-hydrogen) atoms. The summed E-state index contributed by atoms with van der Waals surface area (Å²) >= 11 is 1.83. The number of thioether (sulfide) groups is 1. The summed E-state index contributed by atoms with van der Waals surface area (Å²) in [6.07, 6.45) is 1.04. The quantitative estimate of drug-likeness (QED) is 0.657. The zero-order chi connectivity index (χ0) is 7.28. The van der Waals surface area contributed by atoms with Gasteiger partial charge in [0.25, 0.3) is 0 Å². The third-order valence-corrected chi connectivity index (χ3v) is 2.77. The third kappa shape index (κ3) is 6.19. The number of aliphatic hydroxyl groups is 1. The van der Waals surface area contributed by atoms with E-state index in [4.69, 9.17) is 5.11 Å². The number of aliphatic hydroxyl groups excluding tert-OH is 1. The van der Waals surface area contributed by atoms with Gasteiger partial charge < -0.3 is 5.11 Å². The van der Waals surface area contributed by atoms with Crippen molar-refractivity contribution in [1.82, 2.24) is 0 Å². The largest absolute Gasteiger partial charge is 0.393 e. The van der Waals surface area contributed by atoms with Gasteiger partial charge in [-0.15, -0.1) is 0 Å². The highest BCUT2D eigenvalue weighted by molar-refractivity contribution is 7.99. The highest BCUT2D eigenvalue weighted by Gasteiger charge is 2.00. The van der Waals surface area contributed by atoms with Crippen LogP contribution in [0.25, 0.3) is 0 Å². The van der Waals surface area contributed by atoms with Gasteiger partial charge in [0, 0.05) is 11.0 Å². The summed E-state index contributed by atoms with van der Waals surface area (Å²) in [5, 5.41) is 9.57. The molecule has 2 heteroatoms. The van der Waals surface area contributed by atoms with Crippen LogP contribution in [0.5, 0.6) is 0 Å². The van der Waals surface area contributed by atoms with Gasteiger partial charge >= 0.3 is 0 Å². The minimum absolute atomic E-state index is 0.149. The molecule has 0 aliphatic heterocycles. The number of hydrogen-bond acceptors (Lipinski definition) is 2. The first-order chi connectivity index (χ1) is 4.16. The first-order valence-corrected chi connectivity index (χ1v) is 4.51. The van der Waals surface area contributed by atoms with Crippen molar-refractivity contribution in [3.63, 3.8) is 0 Å². The van der Waals surface area contributed by atoms with Gasteiger partial charge in [0.1, 0.15) is 0 Å². The standard InChI is InChI=1S/C7H16OS/c1-4-7(3)9-5-6(2)8/h6-8H,4-5H2,1-3H3/t6-,7?/m1/s1. The van der Waals surface area contributed by atoms with E-state index in [-0.39, 0.29) is 6.10 Å². The monoisotopic (exact) mass is 148 g/mol. The van der Waals surface area contributed by atoms with E-state index < -0.39 is 0 Å². The summed E-state index contributed by atoms with van der Waals surface area (Å²) in [6.45, 7) is 6.18. The number of hydrogen-bond donors (Lipinski definition) is 1. The van der Waals surface area contributed by atoms with Crippen LogP contribution in [0.2, 0.25) is 0 Å². The Morgan fingerprint density at radius 2 is 2.00 bits per heavy atom. The molecule has 0 aromatic carbocycles. The van der Waals surface area contributed by atoms with Gasteiger partial charge in [-0.2, -0.15) is 11.8 Å². The molecule has 0 saturated carbocycles. The summed E-state index contributed by atoms with van der Waals surface area (Å²) in [5.74, 6) is 0.870. The first kappa shape index (κ1) is 9.31. The maximum Gasteiger partial charge on any atom is 0.0602 e. The van der Waals surface area contributed by atoms with Crippen LogP contribution in [0.15, 0.2) is 0 Å². The fourth-order valence-corrected chi connectivity index (χ4v) is 1.26. The maximum absolute atomic E-state index is 8.88. The van der Waals surface area contributed by atoms with E-state index in [0.717, 1.165) is 5.75 Å². The minimum atomic E-state index is -0.149. The Bertz CT molecular complexity index is 63.9. The Labute approximate surface area is 61.8 Å². The molecule has 0 amide bonds. The molecular weight excluding hydrogens is 132 g/mol. The Kier molecular flexibility index (Phi) is 5.30. The Morgan fingerprint density at radius 1 is 1.44 bits per heavy atom. The topological polar surface area (TPSA) is 20.2 Å². The van der Waals surface area contributed by atoms with Crippen molar-refractivity contribution in [3.05, 3.63) is 0 Å². The van der Waals surface area contributed by atoms with E-state index in [9.17, 15) is 0 Å². The molecular formula is C7H16OS. The van der Waals surface area contributed by atoms with Gasteiger partial charge in [0.2, 0.25) is 0 Å². The lowest BCUT2D eigenvalue weighted by molar-refractivity contribution is 0.220. The van der Waals surface area contributed by atoms with Crippen molar-refractivity contribution < 1.29 is 5.11 Å². The molecule has 0 saturated heterocycles. The van der Waals surface area contributed by atoms with Crippen molar-refractivity contribution in [3.8, 4) is 0 Å². The molecule has 0 fully saturated rings. The lowest BCUT2D eigenvalue weighted by atomic mass is 10.4. The van der Waals surface area contributed by atoms with E-state index in [1.807, 2.05) is 18.7 Å². The minimum Gasteiger partial charge on any atom is -0.393 e. The van der Waals surface area contributed by atoms with Crippen molar-refractivity contribution in [1.29, 1.82) is 0 Å². The summed E-state index contributed by atoms with van der Waals surface area (Å²) in [7, 11) is 0. The van der Waals surface area contributed by atoms with Crippen molar-refractivity contribution in [2.45, 2.75) is 38.5 Å². The summed E-state index contributed by atoms with van der Waals surface area (Å²) in [4.78, 5) is 0.